The van der Waals surface area contributed by atoms with Crippen LogP contribution in [0.15, 0.2) is 48.5 Å². The molecule has 3 aromatic rings. The summed E-state index contributed by atoms with van der Waals surface area (Å²) in [5, 5.41) is 0. The van der Waals surface area contributed by atoms with Gasteiger partial charge in [-0.25, -0.2) is 13.2 Å². The van der Waals surface area contributed by atoms with Crippen LogP contribution in [0.3, 0.4) is 0 Å². The highest BCUT2D eigenvalue weighted by Gasteiger charge is 2.27. The number of unbranched alkanes of at least 4 members (excludes halogenated alkanes) is 1. The van der Waals surface area contributed by atoms with E-state index in [-0.39, 0.29) is 5.56 Å². The first-order valence-corrected chi connectivity index (χ1v) is 10.9. The van der Waals surface area contributed by atoms with Gasteiger partial charge < -0.3 is 0 Å². The zero-order valence-electron chi connectivity index (χ0n) is 17.6. The fourth-order valence-corrected chi connectivity index (χ4v) is 4.19. The number of hydrogen-bond donors (Lipinski definition) is 0. The van der Waals surface area contributed by atoms with Crippen molar-refractivity contribution in [3.05, 3.63) is 82.7 Å². The first kappa shape index (κ1) is 20.7. The highest BCUT2D eigenvalue weighted by molar-refractivity contribution is 5.76. The van der Waals surface area contributed by atoms with Crippen LogP contribution in [0.25, 0.3) is 22.3 Å². The van der Waals surface area contributed by atoms with E-state index >= 15 is 0 Å². The van der Waals surface area contributed by atoms with Crippen molar-refractivity contribution in [2.24, 2.45) is 0 Å². The molecule has 0 nitrogen and oxygen atoms in total. The molecule has 1 aliphatic rings. The molecule has 0 aromatic heterocycles. The van der Waals surface area contributed by atoms with E-state index in [2.05, 4.69) is 31.2 Å². The zero-order valence-corrected chi connectivity index (χ0v) is 17.6. The number of hydrogen-bond acceptors (Lipinski definition) is 0. The summed E-state index contributed by atoms with van der Waals surface area (Å²) in [5.74, 6) is -3.13. The molecule has 1 saturated carbocycles. The first-order valence-electron chi connectivity index (χ1n) is 10.9. The van der Waals surface area contributed by atoms with E-state index in [0.717, 1.165) is 36.5 Å². The van der Waals surface area contributed by atoms with Crippen molar-refractivity contribution >= 4 is 0 Å². The molecular weight excluding hydrogens is 381 g/mol. The van der Waals surface area contributed by atoms with Gasteiger partial charge >= 0.3 is 0 Å². The summed E-state index contributed by atoms with van der Waals surface area (Å²) in [7, 11) is 0. The summed E-state index contributed by atoms with van der Waals surface area (Å²) < 4.78 is 42.0. The molecule has 0 saturated heterocycles. The Morgan fingerprint density at radius 2 is 1.50 bits per heavy atom. The van der Waals surface area contributed by atoms with Gasteiger partial charge in [0.15, 0.2) is 17.5 Å². The Bertz CT molecular complexity index is 1050. The third-order valence-corrected chi connectivity index (χ3v) is 6.08. The lowest BCUT2D eigenvalue weighted by Crippen LogP contribution is -2.01. The molecule has 0 unspecified atom stereocenters. The van der Waals surface area contributed by atoms with E-state index in [1.54, 1.807) is 6.92 Å². The third kappa shape index (κ3) is 4.03. The molecule has 0 spiro atoms. The van der Waals surface area contributed by atoms with Gasteiger partial charge in [-0.3, -0.25) is 0 Å². The standard InChI is InChI=1S/C27H27F3/c1-3-5-6-17-7-9-18(10-8-17)22-14-13-20(15-23(22)19-11-12-19)24-16-25(28)27(30)26(29)21(24)4-2/h7-10,13-16,19H,3-6,11-12H2,1-2H3. The molecule has 1 fully saturated rings. The summed E-state index contributed by atoms with van der Waals surface area (Å²) in [5.41, 5.74) is 6.30. The molecular formula is C27H27F3. The van der Waals surface area contributed by atoms with Crippen LogP contribution in [0.2, 0.25) is 0 Å². The van der Waals surface area contributed by atoms with E-state index in [0.29, 0.717) is 17.9 Å². The van der Waals surface area contributed by atoms with Gasteiger partial charge in [-0.1, -0.05) is 62.7 Å². The molecule has 0 N–H and O–H groups in total. The summed E-state index contributed by atoms with van der Waals surface area (Å²) in [4.78, 5) is 0. The highest BCUT2D eigenvalue weighted by Crippen LogP contribution is 2.46. The van der Waals surface area contributed by atoms with E-state index in [9.17, 15) is 13.2 Å². The lowest BCUT2D eigenvalue weighted by Gasteiger charge is -2.15. The predicted molar refractivity (Wildman–Crippen MR) is 117 cm³/mol. The lowest BCUT2D eigenvalue weighted by molar-refractivity contribution is 0.442. The third-order valence-electron chi connectivity index (χ3n) is 6.08. The van der Waals surface area contributed by atoms with Crippen LogP contribution in [0.4, 0.5) is 13.2 Å². The van der Waals surface area contributed by atoms with E-state index in [1.165, 1.54) is 29.5 Å². The van der Waals surface area contributed by atoms with Gasteiger partial charge in [-0.15, -0.1) is 0 Å². The molecule has 3 aromatic carbocycles. The zero-order chi connectivity index (χ0) is 21.3. The fraction of sp³-hybridized carbons (Fsp3) is 0.333. The average Bonchev–Trinajstić information content (AvgIpc) is 3.61. The maximum Gasteiger partial charge on any atom is 0.194 e. The molecule has 156 valence electrons. The van der Waals surface area contributed by atoms with Crippen LogP contribution in [0.5, 0.6) is 0 Å². The molecule has 0 radical (unpaired) electrons. The van der Waals surface area contributed by atoms with Crippen LogP contribution >= 0.6 is 0 Å². The topological polar surface area (TPSA) is 0 Å². The maximum absolute atomic E-state index is 14.3. The normalized spacial score (nSPS) is 13.6. The number of halogens is 3. The summed E-state index contributed by atoms with van der Waals surface area (Å²) in [6.45, 7) is 3.95. The van der Waals surface area contributed by atoms with Crippen LogP contribution in [-0.2, 0) is 12.8 Å². The largest absolute Gasteiger partial charge is 0.204 e. The Hall–Kier alpha value is -2.55. The second-order valence-electron chi connectivity index (χ2n) is 8.24. The number of aryl methyl sites for hydroxylation is 1. The molecule has 0 aliphatic heterocycles. The van der Waals surface area contributed by atoms with Crippen LogP contribution in [0.1, 0.15) is 62.1 Å². The van der Waals surface area contributed by atoms with Crippen molar-refractivity contribution in [1.29, 1.82) is 0 Å². The van der Waals surface area contributed by atoms with E-state index < -0.39 is 17.5 Å². The minimum atomic E-state index is -1.39. The van der Waals surface area contributed by atoms with Crippen molar-refractivity contribution < 1.29 is 13.2 Å². The molecule has 3 heteroatoms. The molecule has 1 aliphatic carbocycles. The summed E-state index contributed by atoms with van der Waals surface area (Å²) in [6, 6.07) is 15.8. The average molecular weight is 409 g/mol. The minimum absolute atomic E-state index is 0.226. The van der Waals surface area contributed by atoms with E-state index in [4.69, 9.17) is 0 Å². The molecule has 0 heterocycles. The molecule has 4 rings (SSSR count). The lowest BCUT2D eigenvalue weighted by atomic mass is 9.90. The smallest absolute Gasteiger partial charge is 0.194 e. The Morgan fingerprint density at radius 3 is 2.13 bits per heavy atom. The van der Waals surface area contributed by atoms with Crippen molar-refractivity contribution in [2.45, 2.75) is 58.3 Å². The second-order valence-corrected chi connectivity index (χ2v) is 8.24. The molecule has 0 bridgehead atoms. The first-order chi connectivity index (χ1) is 14.5. The predicted octanol–water partition coefficient (Wildman–Crippen LogP) is 8.22. The Kier molecular flexibility index (Phi) is 5.99. The second kappa shape index (κ2) is 8.67. The Labute approximate surface area is 176 Å². The summed E-state index contributed by atoms with van der Waals surface area (Å²) in [6.07, 6.45) is 6.01. The molecule has 30 heavy (non-hydrogen) atoms. The van der Waals surface area contributed by atoms with Gasteiger partial charge in [0.2, 0.25) is 0 Å². The van der Waals surface area contributed by atoms with Crippen LogP contribution < -0.4 is 0 Å². The minimum Gasteiger partial charge on any atom is -0.204 e. The highest BCUT2D eigenvalue weighted by atomic mass is 19.2. The fourth-order valence-electron chi connectivity index (χ4n) is 4.19. The van der Waals surface area contributed by atoms with Crippen LogP contribution in [0, 0.1) is 17.5 Å². The SMILES string of the molecule is CCCCc1ccc(-c2ccc(-c3cc(F)c(F)c(F)c3CC)cc2C2CC2)cc1. The Morgan fingerprint density at radius 1 is 0.800 bits per heavy atom. The van der Waals surface area contributed by atoms with Crippen molar-refractivity contribution in [1.82, 2.24) is 0 Å². The van der Waals surface area contributed by atoms with Crippen molar-refractivity contribution in [3.8, 4) is 22.3 Å². The summed E-state index contributed by atoms with van der Waals surface area (Å²) >= 11 is 0. The quantitative estimate of drug-likeness (QED) is 0.345. The van der Waals surface area contributed by atoms with Gasteiger partial charge in [0, 0.05) is 0 Å². The van der Waals surface area contributed by atoms with Gasteiger partial charge in [-0.2, -0.15) is 0 Å². The van der Waals surface area contributed by atoms with Crippen LogP contribution in [-0.4, -0.2) is 0 Å². The number of benzene rings is 3. The molecule has 0 amide bonds. The maximum atomic E-state index is 14.3. The Balaban J connectivity index is 1.76. The van der Waals surface area contributed by atoms with Gasteiger partial charge in [-0.05, 0) is 83.0 Å². The van der Waals surface area contributed by atoms with E-state index in [1.807, 2.05) is 18.2 Å². The molecule has 0 atom stereocenters. The number of rotatable bonds is 7. The van der Waals surface area contributed by atoms with Crippen molar-refractivity contribution in [2.75, 3.05) is 0 Å². The van der Waals surface area contributed by atoms with Crippen molar-refractivity contribution in [3.63, 3.8) is 0 Å². The van der Waals surface area contributed by atoms with Gasteiger partial charge in [0.1, 0.15) is 0 Å². The van der Waals surface area contributed by atoms with Gasteiger partial charge in [0.25, 0.3) is 0 Å². The van der Waals surface area contributed by atoms with Gasteiger partial charge in [0.05, 0.1) is 0 Å². The monoisotopic (exact) mass is 408 g/mol.